The van der Waals surface area contributed by atoms with E-state index in [-0.39, 0.29) is 5.78 Å². The summed E-state index contributed by atoms with van der Waals surface area (Å²) in [7, 11) is 0. The van der Waals surface area contributed by atoms with Gasteiger partial charge in [0.25, 0.3) is 0 Å². The molecule has 0 saturated heterocycles. The molecule has 0 amide bonds. The van der Waals surface area contributed by atoms with Crippen LogP contribution in [0.5, 0.6) is 0 Å². The molecule has 1 aromatic carbocycles. The Balaban J connectivity index is 2.61. The standard InChI is InChI=1S/C12H9NO2/c13-6-9-2-1-8-5-10(15)3-4-11(8)12(9)7-14/h1-2,7H,3-5H2. The van der Waals surface area contributed by atoms with E-state index < -0.39 is 0 Å². The molecule has 0 aliphatic heterocycles. The van der Waals surface area contributed by atoms with E-state index in [1.54, 1.807) is 12.1 Å². The van der Waals surface area contributed by atoms with Crippen molar-refractivity contribution in [3.05, 3.63) is 34.4 Å². The first-order chi connectivity index (χ1) is 7.26. The number of hydrogen-bond donors (Lipinski definition) is 0. The zero-order chi connectivity index (χ0) is 10.8. The topological polar surface area (TPSA) is 57.9 Å². The third kappa shape index (κ3) is 1.55. The van der Waals surface area contributed by atoms with Crippen LogP contribution in [0.15, 0.2) is 12.1 Å². The van der Waals surface area contributed by atoms with Crippen molar-refractivity contribution in [3.8, 4) is 6.07 Å². The van der Waals surface area contributed by atoms with Gasteiger partial charge in [0.15, 0.2) is 6.29 Å². The number of rotatable bonds is 1. The minimum atomic E-state index is 0.198. The number of aldehydes is 1. The molecule has 3 heteroatoms. The van der Waals surface area contributed by atoms with Gasteiger partial charge < -0.3 is 0 Å². The van der Waals surface area contributed by atoms with Gasteiger partial charge >= 0.3 is 0 Å². The maximum Gasteiger partial charge on any atom is 0.151 e. The van der Waals surface area contributed by atoms with Crippen molar-refractivity contribution in [1.29, 1.82) is 5.26 Å². The van der Waals surface area contributed by atoms with Crippen LogP contribution >= 0.6 is 0 Å². The van der Waals surface area contributed by atoms with Crippen LogP contribution in [0.3, 0.4) is 0 Å². The molecule has 2 rings (SSSR count). The van der Waals surface area contributed by atoms with E-state index >= 15 is 0 Å². The largest absolute Gasteiger partial charge is 0.299 e. The van der Waals surface area contributed by atoms with Gasteiger partial charge in [-0.05, 0) is 23.6 Å². The smallest absolute Gasteiger partial charge is 0.151 e. The Morgan fingerprint density at radius 2 is 2.13 bits per heavy atom. The first kappa shape index (κ1) is 9.60. The summed E-state index contributed by atoms with van der Waals surface area (Å²) in [6.07, 6.45) is 2.16. The molecular weight excluding hydrogens is 190 g/mol. The Kier molecular flexibility index (Phi) is 2.34. The number of nitriles is 1. The van der Waals surface area contributed by atoms with Gasteiger partial charge in [-0.3, -0.25) is 9.59 Å². The predicted molar refractivity (Wildman–Crippen MR) is 53.6 cm³/mol. The molecule has 0 saturated carbocycles. The number of hydrogen-bond acceptors (Lipinski definition) is 3. The average Bonchev–Trinajstić information content (AvgIpc) is 2.27. The van der Waals surface area contributed by atoms with E-state index in [4.69, 9.17) is 5.26 Å². The summed E-state index contributed by atoms with van der Waals surface area (Å²) in [5.74, 6) is 0.198. The Labute approximate surface area is 87.3 Å². The van der Waals surface area contributed by atoms with Gasteiger partial charge in [-0.2, -0.15) is 5.26 Å². The summed E-state index contributed by atoms with van der Waals surface area (Å²) >= 11 is 0. The van der Waals surface area contributed by atoms with E-state index in [0.29, 0.717) is 36.7 Å². The van der Waals surface area contributed by atoms with Crippen LogP contribution in [0.2, 0.25) is 0 Å². The van der Waals surface area contributed by atoms with Gasteiger partial charge in [-0.1, -0.05) is 6.07 Å². The fraction of sp³-hybridized carbons (Fsp3) is 0.250. The minimum Gasteiger partial charge on any atom is -0.299 e. The summed E-state index contributed by atoms with van der Waals surface area (Å²) in [6, 6.07) is 5.38. The van der Waals surface area contributed by atoms with Crippen molar-refractivity contribution in [1.82, 2.24) is 0 Å². The number of benzene rings is 1. The van der Waals surface area contributed by atoms with Crippen LogP contribution in [0, 0.1) is 11.3 Å². The molecule has 0 fully saturated rings. The van der Waals surface area contributed by atoms with E-state index in [1.165, 1.54) is 0 Å². The highest BCUT2D eigenvalue weighted by molar-refractivity contribution is 5.88. The minimum absolute atomic E-state index is 0.198. The lowest BCUT2D eigenvalue weighted by Gasteiger charge is -2.16. The molecule has 0 heterocycles. The summed E-state index contributed by atoms with van der Waals surface area (Å²) < 4.78 is 0. The highest BCUT2D eigenvalue weighted by Crippen LogP contribution is 2.24. The molecule has 3 nitrogen and oxygen atoms in total. The fourth-order valence-electron chi connectivity index (χ4n) is 1.97. The third-order valence-electron chi connectivity index (χ3n) is 2.73. The van der Waals surface area contributed by atoms with Crippen LogP contribution in [0.25, 0.3) is 0 Å². The number of carbonyl (C=O) groups excluding carboxylic acids is 2. The highest BCUT2D eigenvalue weighted by atomic mass is 16.1. The van der Waals surface area contributed by atoms with Crippen molar-refractivity contribution in [2.24, 2.45) is 0 Å². The molecule has 1 aliphatic rings. The van der Waals surface area contributed by atoms with Crippen LogP contribution in [-0.4, -0.2) is 12.1 Å². The van der Waals surface area contributed by atoms with Crippen LogP contribution < -0.4 is 0 Å². The lowest BCUT2D eigenvalue weighted by Crippen LogP contribution is -2.15. The molecule has 0 radical (unpaired) electrons. The molecule has 0 N–H and O–H groups in total. The number of carbonyl (C=O) groups is 2. The molecular formula is C12H9NO2. The first-order valence-corrected chi connectivity index (χ1v) is 4.78. The lowest BCUT2D eigenvalue weighted by molar-refractivity contribution is -0.118. The monoisotopic (exact) mass is 199 g/mol. The first-order valence-electron chi connectivity index (χ1n) is 4.78. The second-order valence-electron chi connectivity index (χ2n) is 3.61. The predicted octanol–water partition coefficient (Wildman–Crippen LogP) is 1.43. The maximum atomic E-state index is 11.2. The Morgan fingerprint density at radius 1 is 1.33 bits per heavy atom. The zero-order valence-corrected chi connectivity index (χ0v) is 8.12. The fourth-order valence-corrected chi connectivity index (χ4v) is 1.97. The second kappa shape index (κ2) is 3.66. The second-order valence-corrected chi connectivity index (χ2v) is 3.61. The normalized spacial score (nSPS) is 14.2. The Hall–Kier alpha value is -1.95. The summed E-state index contributed by atoms with van der Waals surface area (Å²) in [5.41, 5.74) is 2.64. The molecule has 0 bridgehead atoms. The summed E-state index contributed by atoms with van der Waals surface area (Å²) in [4.78, 5) is 22.1. The highest BCUT2D eigenvalue weighted by Gasteiger charge is 2.19. The molecule has 1 aliphatic carbocycles. The van der Waals surface area contributed by atoms with Gasteiger partial charge in [-0.15, -0.1) is 0 Å². The molecule has 0 atom stereocenters. The number of nitrogens with zero attached hydrogens (tertiary/aromatic N) is 1. The molecule has 0 spiro atoms. The van der Waals surface area contributed by atoms with Crippen molar-refractivity contribution in [3.63, 3.8) is 0 Å². The average molecular weight is 199 g/mol. The van der Waals surface area contributed by atoms with Crippen molar-refractivity contribution in [2.45, 2.75) is 19.3 Å². The van der Waals surface area contributed by atoms with Crippen molar-refractivity contribution >= 4 is 12.1 Å². The zero-order valence-electron chi connectivity index (χ0n) is 8.12. The Bertz CT molecular complexity index is 483. The van der Waals surface area contributed by atoms with Gasteiger partial charge in [-0.25, -0.2) is 0 Å². The molecule has 74 valence electrons. The summed E-state index contributed by atoms with van der Waals surface area (Å²) in [6.45, 7) is 0. The van der Waals surface area contributed by atoms with Crippen LogP contribution in [0.1, 0.15) is 33.5 Å². The van der Waals surface area contributed by atoms with E-state index in [0.717, 1.165) is 11.1 Å². The van der Waals surface area contributed by atoms with Gasteiger partial charge in [0.05, 0.1) is 11.6 Å². The van der Waals surface area contributed by atoms with Gasteiger partial charge in [0.2, 0.25) is 0 Å². The molecule has 0 aromatic heterocycles. The quantitative estimate of drug-likeness (QED) is 0.643. The number of ketones is 1. The van der Waals surface area contributed by atoms with Crippen LogP contribution in [-0.2, 0) is 17.6 Å². The third-order valence-corrected chi connectivity index (χ3v) is 2.73. The lowest BCUT2D eigenvalue weighted by atomic mass is 9.86. The molecule has 15 heavy (non-hydrogen) atoms. The number of Topliss-reactive ketones (excluding diaryl/α,β-unsaturated/α-hetero) is 1. The van der Waals surface area contributed by atoms with Crippen molar-refractivity contribution in [2.75, 3.05) is 0 Å². The molecule has 1 aromatic rings. The maximum absolute atomic E-state index is 11.2. The van der Waals surface area contributed by atoms with E-state index in [2.05, 4.69) is 0 Å². The van der Waals surface area contributed by atoms with E-state index in [9.17, 15) is 9.59 Å². The summed E-state index contributed by atoms with van der Waals surface area (Å²) in [5, 5.41) is 8.83. The van der Waals surface area contributed by atoms with Gasteiger partial charge in [0, 0.05) is 18.4 Å². The van der Waals surface area contributed by atoms with E-state index in [1.807, 2.05) is 6.07 Å². The SMILES string of the molecule is N#Cc1ccc2c(c1C=O)CCC(=O)C2. The Morgan fingerprint density at radius 3 is 2.80 bits per heavy atom. The molecule has 0 unspecified atom stereocenters. The van der Waals surface area contributed by atoms with Gasteiger partial charge in [0.1, 0.15) is 5.78 Å². The van der Waals surface area contributed by atoms with Crippen molar-refractivity contribution < 1.29 is 9.59 Å². The number of fused-ring (bicyclic) bond motifs is 1. The van der Waals surface area contributed by atoms with Crippen LogP contribution in [0.4, 0.5) is 0 Å².